The summed E-state index contributed by atoms with van der Waals surface area (Å²) in [5, 5.41) is 3.63. The van der Waals surface area contributed by atoms with Crippen molar-refractivity contribution in [1.82, 2.24) is 9.99 Å². The standard InChI is InChI=1S/C18H20N4O2/c1-4-5-10-17-20-16-11-19-15-9-7-6-8-14(15)18(16)22(13(3)24)21(17)12(2)23/h6-9,11H,4-5,10H2,1-3H3. The molecule has 0 saturated carbocycles. The lowest BCUT2D eigenvalue weighted by Gasteiger charge is -2.38. The van der Waals surface area contributed by atoms with Crippen LogP contribution >= 0.6 is 0 Å². The van der Waals surface area contributed by atoms with E-state index in [9.17, 15) is 9.59 Å². The van der Waals surface area contributed by atoms with Gasteiger partial charge in [0.2, 0.25) is 11.8 Å². The van der Waals surface area contributed by atoms with Gasteiger partial charge in [0.05, 0.1) is 11.7 Å². The number of carbonyl (C=O) groups excluding carboxylic acids is 2. The summed E-state index contributed by atoms with van der Waals surface area (Å²) in [5.74, 6) is 0.127. The van der Waals surface area contributed by atoms with Crippen LogP contribution < -0.4 is 5.01 Å². The number of nitrogens with zero attached hydrogens (tertiary/aromatic N) is 4. The zero-order chi connectivity index (χ0) is 17.3. The number of pyridine rings is 1. The van der Waals surface area contributed by atoms with Gasteiger partial charge in [0, 0.05) is 25.7 Å². The molecular weight excluding hydrogens is 304 g/mol. The average molecular weight is 324 g/mol. The summed E-state index contributed by atoms with van der Waals surface area (Å²) in [4.78, 5) is 33.7. The molecule has 6 nitrogen and oxygen atoms in total. The smallest absolute Gasteiger partial charge is 0.244 e. The monoisotopic (exact) mass is 324 g/mol. The Labute approximate surface area is 140 Å². The molecule has 1 aliphatic rings. The minimum atomic E-state index is -0.230. The van der Waals surface area contributed by atoms with Gasteiger partial charge in [-0.3, -0.25) is 14.6 Å². The molecule has 2 heterocycles. The van der Waals surface area contributed by atoms with E-state index >= 15 is 0 Å². The molecule has 0 saturated heterocycles. The van der Waals surface area contributed by atoms with Crippen molar-refractivity contribution >= 4 is 39.9 Å². The second kappa shape index (κ2) is 6.39. The Hall–Kier alpha value is -2.76. The Balaban J connectivity index is 2.27. The van der Waals surface area contributed by atoms with Gasteiger partial charge in [-0.15, -0.1) is 0 Å². The molecule has 0 aliphatic carbocycles. The molecule has 0 radical (unpaired) electrons. The largest absolute Gasteiger partial charge is 0.273 e. The third kappa shape index (κ3) is 2.64. The lowest BCUT2D eigenvalue weighted by molar-refractivity contribution is -0.130. The van der Waals surface area contributed by atoms with Crippen LogP contribution in [0.1, 0.15) is 40.0 Å². The fourth-order valence-electron chi connectivity index (χ4n) is 2.94. The first-order valence-electron chi connectivity index (χ1n) is 8.11. The van der Waals surface area contributed by atoms with Crippen molar-refractivity contribution in [2.24, 2.45) is 4.99 Å². The Morgan fingerprint density at radius 2 is 1.79 bits per heavy atom. The maximum atomic E-state index is 12.4. The number of unbranched alkanes of at least 4 members (excludes halogenated alkanes) is 1. The van der Waals surface area contributed by atoms with Gasteiger partial charge in [-0.05, 0) is 12.5 Å². The van der Waals surface area contributed by atoms with Crippen LogP contribution in [0.5, 0.6) is 0 Å². The second-order valence-electron chi connectivity index (χ2n) is 5.80. The highest BCUT2D eigenvalue weighted by Gasteiger charge is 2.34. The molecule has 0 spiro atoms. The third-order valence-corrected chi connectivity index (χ3v) is 3.98. The van der Waals surface area contributed by atoms with E-state index in [1.165, 1.54) is 23.9 Å². The normalized spacial score (nSPS) is 13.7. The number of aliphatic imine (C=N–C) groups is 1. The average Bonchev–Trinajstić information content (AvgIpc) is 2.57. The summed E-state index contributed by atoms with van der Waals surface area (Å²) >= 11 is 0. The molecular formula is C18H20N4O2. The molecule has 0 N–H and O–H groups in total. The second-order valence-corrected chi connectivity index (χ2v) is 5.80. The topological polar surface area (TPSA) is 65.9 Å². The Morgan fingerprint density at radius 3 is 2.46 bits per heavy atom. The zero-order valence-electron chi connectivity index (χ0n) is 14.1. The number of hydrogen-bond acceptors (Lipinski definition) is 4. The molecule has 24 heavy (non-hydrogen) atoms. The van der Waals surface area contributed by atoms with Gasteiger partial charge in [0.15, 0.2) is 0 Å². The van der Waals surface area contributed by atoms with Crippen LogP contribution in [0.3, 0.4) is 0 Å². The van der Waals surface area contributed by atoms with E-state index in [0.717, 1.165) is 23.7 Å². The number of hydrazine groups is 1. The van der Waals surface area contributed by atoms with E-state index in [-0.39, 0.29) is 11.8 Å². The molecule has 1 aromatic heterocycles. The highest BCUT2D eigenvalue weighted by Crippen LogP contribution is 2.40. The van der Waals surface area contributed by atoms with Crippen LogP contribution in [-0.4, -0.2) is 27.6 Å². The SMILES string of the molecule is CCCCC1=Nc2cnc3ccccc3c2N(C(C)=O)N1C(C)=O. The van der Waals surface area contributed by atoms with Crippen LogP contribution in [0.25, 0.3) is 10.9 Å². The first-order chi connectivity index (χ1) is 11.5. The van der Waals surface area contributed by atoms with Gasteiger partial charge in [-0.25, -0.2) is 10.0 Å². The first kappa shape index (κ1) is 16.1. The van der Waals surface area contributed by atoms with Crippen LogP contribution in [-0.2, 0) is 9.59 Å². The number of amidine groups is 1. The number of aromatic nitrogens is 1. The quantitative estimate of drug-likeness (QED) is 0.866. The number of benzene rings is 1. The van der Waals surface area contributed by atoms with Gasteiger partial charge >= 0.3 is 0 Å². The maximum absolute atomic E-state index is 12.4. The third-order valence-electron chi connectivity index (χ3n) is 3.98. The molecule has 1 aromatic carbocycles. The summed E-state index contributed by atoms with van der Waals surface area (Å²) in [6.07, 6.45) is 4.17. The van der Waals surface area contributed by atoms with Crippen molar-refractivity contribution in [2.45, 2.75) is 40.0 Å². The summed E-state index contributed by atoms with van der Waals surface area (Å²) in [6, 6.07) is 7.54. The first-order valence-corrected chi connectivity index (χ1v) is 8.11. The molecule has 0 fully saturated rings. The zero-order valence-corrected chi connectivity index (χ0v) is 14.1. The number of hydrogen-bond donors (Lipinski definition) is 0. The number of rotatable bonds is 3. The van der Waals surface area contributed by atoms with Gasteiger partial charge < -0.3 is 0 Å². The predicted molar refractivity (Wildman–Crippen MR) is 94.0 cm³/mol. The molecule has 124 valence electrons. The molecule has 2 amide bonds. The molecule has 1 aliphatic heterocycles. The summed E-state index contributed by atoms with van der Waals surface area (Å²) in [6.45, 7) is 4.98. The van der Waals surface area contributed by atoms with Gasteiger partial charge in [-0.1, -0.05) is 31.5 Å². The van der Waals surface area contributed by atoms with Crippen molar-refractivity contribution in [3.05, 3.63) is 30.5 Å². The minimum Gasteiger partial charge on any atom is -0.273 e. The van der Waals surface area contributed by atoms with Crippen LogP contribution in [0, 0.1) is 0 Å². The highest BCUT2D eigenvalue weighted by molar-refractivity contribution is 6.14. The predicted octanol–water partition coefficient (Wildman–Crippen LogP) is 3.59. The lowest BCUT2D eigenvalue weighted by atomic mass is 10.1. The fraction of sp³-hybridized carbons (Fsp3) is 0.333. The van der Waals surface area contributed by atoms with Crippen molar-refractivity contribution < 1.29 is 9.59 Å². The van der Waals surface area contributed by atoms with E-state index in [4.69, 9.17) is 0 Å². The number of fused-ring (bicyclic) bond motifs is 3. The molecule has 0 bridgehead atoms. The molecule has 0 unspecified atom stereocenters. The van der Waals surface area contributed by atoms with Crippen LogP contribution in [0.4, 0.5) is 11.4 Å². The summed E-state index contributed by atoms with van der Waals surface area (Å²) < 4.78 is 0. The lowest BCUT2D eigenvalue weighted by Crippen LogP contribution is -2.53. The van der Waals surface area contributed by atoms with Crippen LogP contribution in [0.15, 0.2) is 35.5 Å². The van der Waals surface area contributed by atoms with Crippen molar-refractivity contribution in [2.75, 3.05) is 5.01 Å². The fourth-order valence-corrected chi connectivity index (χ4v) is 2.94. The highest BCUT2D eigenvalue weighted by atomic mass is 16.2. The van der Waals surface area contributed by atoms with Crippen molar-refractivity contribution in [3.8, 4) is 0 Å². The van der Waals surface area contributed by atoms with E-state index in [1.54, 1.807) is 6.20 Å². The number of carbonyl (C=O) groups is 2. The number of para-hydroxylation sites is 1. The molecule has 0 atom stereocenters. The van der Waals surface area contributed by atoms with Gasteiger partial charge in [0.25, 0.3) is 0 Å². The summed E-state index contributed by atoms with van der Waals surface area (Å²) in [5.41, 5.74) is 1.99. The van der Waals surface area contributed by atoms with Crippen molar-refractivity contribution in [3.63, 3.8) is 0 Å². The molecule has 6 heteroatoms. The number of amides is 2. The Morgan fingerprint density at radius 1 is 1.08 bits per heavy atom. The Bertz CT molecular complexity index is 844. The van der Waals surface area contributed by atoms with Gasteiger partial charge in [-0.2, -0.15) is 5.01 Å². The summed E-state index contributed by atoms with van der Waals surface area (Å²) in [7, 11) is 0. The molecule has 3 rings (SSSR count). The van der Waals surface area contributed by atoms with E-state index in [2.05, 4.69) is 16.9 Å². The van der Waals surface area contributed by atoms with E-state index in [0.29, 0.717) is 23.6 Å². The van der Waals surface area contributed by atoms with Gasteiger partial charge in [0.1, 0.15) is 17.2 Å². The maximum Gasteiger partial charge on any atom is 0.244 e. The minimum absolute atomic E-state index is 0.230. The number of anilines is 1. The van der Waals surface area contributed by atoms with Crippen molar-refractivity contribution in [1.29, 1.82) is 0 Å². The van der Waals surface area contributed by atoms with Crippen LogP contribution in [0.2, 0.25) is 0 Å². The molecule has 2 aromatic rings. The van der Waals surface area contributed by atoms with E-state index in [1.807, 2.05) is 24.3 Å². The Kier molecular flexibility index (Phi) is 4.29. The van der Waals surface area contributed by atoms with E-state index < -0.39 is 0 Å².